The number of carbonyl (C=O) groups excluding carboxylic acids is 3. The molecule has 10 heteroatoms. The molecule has 1 aromatic carbocycles. The molecule has 0 aliphatic carbocycles. The van der Waals surface area contributed by atoms with Crippen LogP contribution in [0.15, 0.2) is 23.6 Å². The summed E-state index contributed by atoms with van der Waals surface area (Å²) in [7, 11) is 0. The van der Waals surface area contributed by atoms with Gasteiger partial charge in [0.25, 0.3) is 5.91 Å². The first-order valence-corrected chi connectivity index (χ1v) is 10.8. The van der Waals surface area contributed by atoms with E-state index in [0.29, 0.717) is 42.0 Å². The quantitative estimate of drug-likeness (QED) is 0.755. The van der Waals surface area contributed by atoms with Gasteiger partial charge in [-0.1, -0.05) is 25.4 Å². The summed E-state index contributed by atoms with van der Waals surface area (Å²) in [5.74, 6) is -1.44. The van der Waals surface area contributed by atoms with E-state index in [2.05, 4.69) is 10.3 Å². The third-order valence-electron chi connectivity index (χ3n) is 4.72. The molecule has 2 aromatic rings. The number of aromatic nitrogens is 1. The maximum Gasteiger partial charge on any atom is 0.257 e. The number of anilines is 1. The molecule has 3 amide bonds. The number of nitrogens with one attached hydrogen (secondary N) is 1. The second kappa shape index (κ2) is 9.53. The molecule has 0 spiro atoms. The van der Waals surface area contributed by atoms with Crippen molar-refractivity contribution in [3.05, 3.63) is 45.7 Å². The van der Waals surface area contributed by atoms with Gasteiger partial charge in [0.15, 0.2) is 5.13 Å². The molecule has 0 radical (unpaired) electrons. The Kier molecular flexibility index (Phi) is 7.04. The first-order valence-electron chi connectivity index (χ1n) is 9.52. The van der Waals surface area contributed by atoms with E-state index in [4.69, 9.17) is 11.6 Å². The van der Waals surface area contributed by atoms with Crippen LogP contribution in [0.25, 0.3) is 0 Å². The summed E-state index contributed by atoms with van der Waals surface area (Å²) in [6.45, 7) is 4.91. The van der Waals surface area contributed by atoms with Crippen molar-refractivity contribution in [2.45, 2.75) is 20.3 Å². The molecule has 7 nitrogen and oxygen atoms in total. The average Bonchev–Trinajstić information content (AvgIpc) is 3.16. The zero-order valence-electron chi connectivity index (χ0n) is 16.7. The van der Waals surface area contributed by atoms with Gasteiger partial charge in [-0.3, -0.25) is 14.4 Å². The number of amides is 3. The zero-order chi connectivity index (χ0) is 21.8. The summed E-state index contributed by atoms with van der Waals surface area (Å²) >= 11 is 7.14. The summed E-state index contributed by atoms with van der Waals surface area (Å²) in [5.41, 5.74) is 0.518. The molecule has 3 rings (SSSR count). The van der Waals surface area contributed by atoms with Crippen LogP contribution in [-0.2, 0) is 16.0 Å². The highest BCUT2D eigenvalue weighted by molar-refractivity contribution is 7.13. The van der Waals surface area contributed by atoms with Crippen molar-refractivity contribution in [2.75, 3.05) is 31.5 Å². The van der Waals surface area contributed by atoms with Gasteiger partial charge in [0.2, 0.25) is 11.8 Å². The Bertz CT molecular complexity index is 957. The molecule has 0 unspecified atom stereocenters. The molecule has 0 atom stereocenters. The predicted molar refractivity (Wildman–Crippen MR) is 113 cm³/mol. The summed E-state index contributed by atoms with van der Waals surface area (Å²) in [4.78, 5) is 44.3. The van der Waals surface area contributed by atoms with Gasteiger partial charge in [-0.15, -0.1) is 11.3 Å². The summed E-state index contributed by atoms with van der Waals surface area (Å²) < 4.78 is 13.9. The highest BCUT2D eigenvalue weighted by Gasteiger charge is 2.27. The number of hydrogen-bond acceptors (Lipinski definition) is 5. The molecule has 30 heavy (non-hydrogen) atoms. The van der Waals surface area contributed by atoms with Crippen molar-refractivity contribution in [1.29, 1.82) is 0 Å². The fourth-order valence-electron chi connectivity index (χ4n) is 2.95. The number of thiazole rings is 1. The second-order valence-corrected chi connectivity index (χ2v) is 8.56. The molecule has 1 aliphatic heterocycles. The van der Waals surface area contributed by atoms with E-state index in [1.165, 1.54) is 34.4 Å². The molecular formula is C20H22ClFN4O3S. The number of nitrogens with zero attached hydrogens (tertiary/aromatic N) is 3. The van der Waals surface area contributed by atoms with Gasteiger partial charge in [-0.25, -0.2) is 9.37 Å². The van der Waals surface area contributed by atoms with Crippen molar-refractivity contribution < 1.29 is 18.8 Å². The SMILES string of the molecule is CC(C)C(=O)Nc1nc(CC(=O)N2CCN(C(=O)c3cc(Cl)ccc3F)CC2)cs1. The van der Waals surface area contributed by atoms with Crippen molar-refractivity contribution in [3.63, 3.8) is 0 Å². The van der Waals surface area contributed by atoms with E-state index in [1.807, 2.05) is 0 Å². The lowest BCUT2D eigenvalue weighted by atomic mass is 10.1. The Morgan fingerprint density at radius 2 is 1.87 bits per heavy atom. The molecule has 0 saturated carbocycles. The topological polar surface area (TPSA) is 82.6 Å². The summed E-state index contributed by atoms with van der Waals surface area (Å²) in [6.07, 6.45) is 0.116. The van der Waals surface area contributed by atoms with Crippen LogP contribution in [0, 0.1) is 11.7 Å². The van der Waals surface area contributed by atoms with E-state index < -0.39 is 11.7 Å². The van der Waals surface area contributed by atoms with Gasteiger partial charge in [0, 0.05) is 42.5 Å². The van der Waals surface area contributed by atoms with E-state index in [0.717, 1.165) is 0 Å². The summed E-state index contributed by atoms with van der Waals surface area (Å²) in [6, 6.07) is 3.87. The Labute approximate surface area is 182 Å². The number of piperazine rings is 1. The first kappa shape index (κ1) is 22.2. The molecule has 0 bridgehead atoms. The number of halogens is 2. The van der Waals surface area contributed by atoms with Crippen LogP contribution in [0.4, 0.5) is 9.52 Å². The smallest absolute Gasteiger partial charge is 0.257 e. The Morgan fingerprint density at radius 1 is 1.20 bits per heavy atom. The average molecular weight is 453 g/mol. The van der Waals surface area contributed by atoms with Gasteiger partial charge in [-0.2, -0.15) is 0 Å². The van der Waals surface area contributed by atoms with Gasteiger partial charge in [0.1, 0.15) is 5.82 Å². The van der Waals surface area contributed by atoms with E-state index in [9.17, 15) is 18.8 Å². The Morgan fingerprint density at radius 3 is 2.53 bits per heavy atom. The van der Waals surface area contributed by atoms with E-state index >= 15 is 0 Å². The standard InChI is InChI=1S/C20H22ClFN4O3S/c1-12(2)18(28)24-20-23-14(11-30-20)10-17(27)25-5-7-26(8-6-25)19(29)15-9-13(21)3-4-16(15)22/h3-4,9,11-12H,5-8,10H2,1-2H3,(H,23,24,28). The largest absolute Gasteiger partial charge is 0.339 e. The minimum Gasteiger partial charge on any atom is -0.339 e. The monoisotopic (exact) mass is 452 g/mol. The second-order valence-electron chi connectivity index (χ2n) is 7.26. The van der Waals surface area contributed by atoms with Gasteiger partial charge in [0.05, 0.1) is 17.7 Å². The number of hydrogen-bond donors (Lipinski definition) is 1. The molecule has 1 fully saturated rings. The molecule has 1 saturated heterocycles. The van der Waals surface area contributed by atoms with Crippen LogP contribution >= 0.6 is 22.9 Å². The highest BCUT2D eigenvalue weighted by Crippen LogP contribution is 2.19. The van der Waals surface area contributed by atoms with Gasteiger partial charge < -0.3 is 15.1 Å². The van der Waals surface area contributed by atoms with Crippen LogP contribution < -0.4 is 5.32 Å². The van der Waals surface area contributed by atoms with Crippen LogP contribution in [0.3, 0.4) is 0 Å². The van der Waals surface area contributed by atoms with Crippen LogP contribution in [0.2, 0.25) is 5.02 Å². The molecule has 160 valence electrons. The maximum atomic E-state index is 13.9. The number of carbonyl (C=O) groups is 3. The maximum absolute atomic E-state index is 13.9. The van der Waals surface area contributed by atoms with Gasteiger partial charge >= 0.3 is 0 Å². The fraction of sp³-hybridized carbons (Fsp3) is 0.400. The number of rotatable bonds is 5. The molecule has 2 heterocycles. The predicted octanol–water partition coefficient (Wildman–Crippen LogP) is 3.06. The third-order valence-corrected chi connectivity index (χ3v) is 5.76. The normalized spacial score (nSPS) is 14.2. The van der Waals surface area contributed by atoms with Crippen LogP contribution in [-0.4, -0.2) is 58.7 Å². The van der Waals surface area contributed by atoms with Crippen molar-refractivity contribution in [3.8, 4) is 0 Å². The summed E-state index contributed by atoms with van der Waals surface area (Å²) in [5, 5.41) is 5.22. The lowest BCUT2D eigenvalue weighted by molar-refractivity contribution is -0.132. The minimum absolute atomic E-state index is 0.0688. The molecule has 1 aliphatic rings. The van der Waals surface area contributed by atoms with Gasteiger partial charge in [-0.05, 0) is 18.2 Å². The lowest BCUT2D eigenvalue weighted by Gasteiger charge is -2.34. The van der Waals surface area contributed by atoms with Crippen molar-refractivity contribution in [1.82, 2.24) is 14.8 Å². The van der Waals surface area contributed by atoms with E-state index in [1.54, 1.807) is 24.1 Å². The molecular weight excluding hydrogens is 431 g/mol. The lowest BCUT2D eigenvalue weighted by Crippen LogP contribution is -2.51. The fourth-order valence-corrected chi connectivity index (χ4v) is 3.84. The Hall–Kier alpha value is -2.52. The molecule has 1 N–H and O–H groups in total. The zero-order valence-corrected chi connectivity index (χ0v) is 18.2. The van der Waals surface area contributed by atoms with Crippen molar-refractivity contribution >= 4 is 45.8 Å². The third kappa shape index (κ3) is 5.34. The minimum atomic E-state index is -0.619. The first-order chi connectivity index (χ1) is 14.2. The molecule has 1 aromatic heterocycles. The highest BCUT2D eigenvalue weighted by atomic mass is 35.5. The van der Waals surface area contributed by atoms with Crippen molar-refractivity contribution in [2.24, 2.45) is 5.92 Å². The van der Waals surface area contributed by atoms with Crippen LogP contribution in [0.5, 0.6) is 0 Å². The van der Waals surface area contributed by atoms with E-state index in [-0.39, 0.29) is 29.7 Å². The Balaban J connectivity index is 1.53. The van der Waals surface area contributed by atoms with Crippen LogP contribution in [0.1, 0.15) is 29.9 Å². The number of benzene rings is 1.